The van der Waals surface area contributed by atoms with Gasteiger partial charge in [0.2, 0.25) is 0 Å². The van der Waals surface area contributed by atoms with E-state index in [1.165, 1.54) is 0 Å². The number of carbonyl (C=O) groups excluding carboxylic acids is 2. The summed E-state index contributed by atoms with van der Waals surface area (Å²) < 4.78 is 16.7. The van der Waals surface area contributed by atoms with Gasteiger partial charge in [-0.25, -0.2) is 4.79 Å². The zero-order valence-corrected chi connectivity index (χ0v) is 17.2. The van der Waals surface area contributed by atoms with Gasteiger partial charge in [-0.3, -0.25) is 4.79 Å². The van der Waals surface area contributed by atoms with Crippen LogP contribution in [0.3, 0.4) is 0 Å². The van der Waals surface area contributed by atoms with Crippen molar-refractivity contribution in [1.82, 2.24) is 5.06 Å². The van der Waals surface area contributed by atoms with E-state index in [2.05, 4.69) is 0 Å². The second-order valence-electron chi connectivity index (χ2n) is 7.61. The SMILES string of the molecule is CCOC(=O)OC1C(c2c(C)cc(C)cc2C)C(=O)OC12CCN(OC)CC2. The van der Waals surface area contributed by atoms with E-state index in [1.807, 2.05) is 38.0 Å². The summed E-state index contributed by atoms with van der Waals surface area (Å²) in [5.74, 6) is -1.02. The predicted molar refractivity (Wildman–Crippen MR) is 102 cm³/mol. The highest BCUT2D eigenvalue weighted by Gasteiger charge is 2.60. The van der Waals surface area contributed by atoms with Crippen molar-refractivity contribution in [3.05, 3.63) is 34.4 Å². The van der Waals surface area contributed by atoms with Gasteiger partial charge in [0.25, 0.3) is 0 Å². The lowest BCUT2D eigenvalue weighted by Gasteiger charge is -2.40. The predicted octanol–water partition coefficient (Wildman–Crippen LogP) is 3.19. The summed E-state index contributed by atoms with van der Waals surface area (Å²) >= 11 is 0. The van der Waals surface area contributed by atoms with Gasteiger partial charge >= 0.3 is 12.1 Å². The monoisotopic (exact) mass is 391 g/mol. The van der Waals surface area contributed by atoms with E-state index in [1.54, 1.807) is 14.0 Å². The molecule has 154 valence electrons. The molecule has 2 saturated heterocycles. The summed E-state index contributed by atoms with van der Waals surface area (Å²) in [5, 5.41) is 1.82. The summed E-state index contributed by atoms with van der Waals surface area (Å²) in [5.41, 5.74) is 3.10. The Balaban J connectivity index is 2.01. The molecule has 2 unspecified atom stereocenters. The van der Waals surface area contributed by atoms with Crippen LogP contribution in [0, 0.1) is 20.8 Å². The Kier molecular flexibility index (Phi) is 5.95. The Morgan fingerprint density at radius 3 is 2.36 bits per heavy atom. The third-order valence-corrected chi connectivity index (χ3v) is 5.74. The maximum atomic E-state index is 13.0. The van der Waals surface area contributed by atoms with E-state index >= 15 is 0 Å². The topological polar surface area (TPSA) is 74.3 Å². The molecule has 0 amide bonds. The molecule has 0 saturated carbocycles. The third-order valence-electron chi connectivity index (χ3n) is 5.74. The van der Waals surface area contributed by atoms with Crippen molar-refractivity contribution in [2.24, 2.45) is 0 Å². The Bertz CT molecular complexity index is 730. The van der Waals surface area contributed by atoms with Crippen molar-refractivity contribution in [3.63, 3.8) is 0 Å². The number of hydrogen-bond donors (Lipinski definition) is 0. The first kappa shape index (κ1) is 20.6. The van der Waals surface area contributed by atoms with E-state index in [0.717, 1.165) is 22.3 Å². The average Bonchev–Trinajstić information content (AvgIpc) is 2.87. The van der Waals surface area contributed by atoms with Gasteiger partial charge in [0.1, 0.15) is 5.92 Å². The molecule has 0 radical (unpaired) electrons. The number of carbonyl (C=O) groups is 2. The molecule has 0 N–H and O–H groups in total. The van der Waals surface area contributed by atoms with Crippen molar-refractivity contribution in [3.8, 4) is 0 Å². The van der Waals surface area contributed by atoms with Crippen molar-refractivity contribution in [2.75, 3.05) is 26.8 Å². The molecule has 28 heavy (non-hydrogen) atoms. The van der Waals surface area contributed by atoms with E-state index in [9.17, 15) is 9.59 Å². The zero-order valence-electron chi connectivity index (χ0n) is 17.2. The smallest absolute Gasteiger partial charge is 0.454 e. The van der Waals surface area contributed by atoms with Crippen LogP contribution in [0.1, 0.15) is 47.9 Å². The zero-order chi connectivity index (χ0) is 20.5. The van der Waals surface area contributed by atoms with Crippen LogP contribution in [0.4, 0.5) is 4.79 Å². The molecule has 7 nitrogen and oxygen atoms in total. The molecule has 3 rings (SSSR count). The van der Waals surface area contributed by atoms with E-state index in [4.69, 9.17) is 19.0 Å². The maximum absolute atomic E-state index is 13.0. The molecule has 7 heteroatoms. The minimum atomic E-state index is -0.868. The van der Waals surface area contributed by atoms with Crippen LogP contribution in [-0.2, 0) is 23.8 Å². The summed E-state index contributed by atoms with van der Waals surface area (Å²) in [7, 11) is 1.62. The minimum absolute atomic E-state index is 0.206. The largest absolute Gasteiger partial charge is 0.508 e. The summed E-state index contributed by atoms with van der Waals surface area (Å²) in [6, 6.07) is 4.07. The Morgan fingerprint density at radius 1 is 1.21 bits per heavy atom. The van der Waals surface area contributed by atoms with Crippen LogP contribution < -0.4 is 0 Å². The third kappa shape index (κ3) is 3.73. The first-order chi connectivity index (χ1) is 13.3. The van der Waals surface area contributed by atoms with E-state index in [0.29, 0.717) is 25.9 Å². The average molecular weight is 391 g/mol. The van der Waals surface area contributed by atoms with Crippen LogP contribution in [0.15, 0.2) is 12.1 Å². The van der Waals surface area contributed by atoms with Crippen molar-refractivity contribution in [1.29, 1.82) is 0 Å². The second-order valence-corrected chi connectivity index (χ2v) is 7.61. The molecule has 0 bridgehead atoms. The minimum Gasteiger partial charge on any atom is -0.454 e. The molecule has 1 aromatic carbocycles. The molecule has 2 heterocycles. The highest BCUT2D eigenvalue weighted by atomic mass is 16.7. The quantitative estimate of drug-likeness (QED) is 0.730. The van der Waals surface area contributed by atoms with Crippen molar-refractivity contribution < 1.29 is 28.6 Å². The number of benzene rings is 1. The second kappa shape index (κ2) is 8.09. The molecule has 1 spiro atoms. The van der Waals surface area contributed by atoms with Gasteiger partial charge in [0.05, 0.1) is 13.7 Å². The molecule has 2 aliphatic rings. The molecule has 2 atom stereocenters. The van der Waals surface area contributed by atoms with E-state index < -0.39 is 23.8 Å². The highest BCUT2D eigenvalue weighted by molar-refractivity contribution is 5.84. The Labute approximate surface area is 165 Å². The number of piperidine rings is 1. The molecule has 1 aromatic rings. The molecular formula is C21H29NO6. The fourth-order valence-electron chi connectivity index (χ4n) is 4.57. The molecular weight excluding hydrogens is 362 g/mol. The van der Waals surface area contributed by atoms with E-state index in [-0.39, 0.29) is 12.6 Å². The van der Waals surface area contributed by atoms with Crippen LogP contribution in [0.5, 0.6) is 0 Å². The van der Waals surface area contributed by atoms with Crippen LogP contribution in [0.25, 0.3) is 0 Å². The number of aryl methyl sites for hydroxylation is 3. The van der Waals surface area contributed by atoms with Gasteiger partial charge in [-0.05, 0) is 44.4 Å². The fourth-order valence-corrected chi connectivity index (χ4v) is 4.57. The molecule has 2 fully saturated rings. The molecule has 2 aliphatic heterocycles. The number of hydroxylamine groups is 2. The lowest BCUT2D eigenvalue weighted by atomic mass is 9.78. The Morgan fingerprint density at radius 2 is 1.82 bits per heavy atom. The van der Waals surface area contributed by atoms with Crippen LogP contribution in [0.2, 0.25) is 0 Å². The first-order valence-corrected chi connectivity index (χ1v) is 9.74. The van der Waals surface area contributed by atoms with Crippen molar-refractivity contribution in [2.45, 2.75) is 58.2 Å². The van der Waals surface area contributed by atoms with Gasteiger partial charge in [0, 0.05) is 25.9 Å². The lowest BCUT2D eigenvalue weighted by Crippen LogP contribution is -2.51. The summed E-state index contributed by atoms with van der Waals surface area (Å²) in [6.45, 7) is 9.07. The standard InChI is InChI=1S/C21H29NO6/c1-6-26-20(24)27-18-17(16-14(3)11-13(2)12-15(16)4)19(23)28-21(18)7-9-22(25-5)10-8-21/h11-12,17-18H,6-10H2,1-5H3. The van der Waals surface area contributed by atoms with Crippen LogP contribution >= 0.6 is 0 Å². The number of hydrogen-bond acceptors (Lipinski definition) is 7. The number of esters is 1. The van der Waals surface area contributed by atoms with Gasteiger partial charge in [0.15, 0.2) is 11.7 Å². The van der Waals surface area contributed by atoms with Crippen LogP contribution in [-0.4, -0.2) is 55.7 Å². The summed E-state index contributed by atoms with van der Waals surface area (Å²) in [4.78, 5) is 30.5. The first-order valence-electron chi connectivity index (χ1n) is 9.74. The van der Waals surface area contributed by atoms with Gasteiger partial charge in [-0.1, -0.05) is 17.7 Å². The van der Waals surface area contributed by atoms with Gasteiger partial charge in [-0.2, -0.15) is 5.06 Å². The summed E-state index contributed by atoms with van der Waals surface area (Å²) in [6.07, 6.45) is -0.460. The van der Waals surface area contributed by atoms with Gasteiger partial charge < -0.3 is 19.0 Å². The number of nitrogens with zero attached hydrogens (tertiary/aromatic N) is 1. The van der Waals surface area contributed by atoms with Gasteiger partial charge in [-0.15, -0.1) is 0 Å². The number of ether oxygens (including phenoxy) is 3. The highest BCUT2D eigenvalue weighted by Crippen LogP contribution is 2.47. The number of rotatable bonds is 4. The molecule has 0 aliphatic carbocycles. The normalized spacial score (nSPS) is 24.2. The maximum Gasteiger partial charge on any atom is 0.508 e. The molecule has 0 aromatic heterocycles. The Hall–Kier alpha value is -2.12. The fraction of sp³-hybridized carbons (Fsp3) is 0.619. The lowest BCUT2D eigenvalue weighted by molar-refractivity contribution is -0.193. The van der Waals surface area contributed by atoms with Crippen molar-refractivity contribution >= 4 is 12.1 Å².